The van der Waals surface area contributed by atoms with Crippen LogP contribution in [0.1, 0.15) is 16.0 Å². The lowest BCUT2D eigenvalue weighted by Crippen LogP contribution is -2.26. The van der Waals surface area contributed by atoms with Crippen molar-refractivity contribution in [3.05, 3.63) is 51.7 Å². The molecule has 1 aliphatic heterocycles. The van der Waals surface area contributed by atoms with Crippen LogP contribution in [0.4, 0.5) is 0 Å². The average molecular weight is 308 g/mol. The van der Waals surface area contributed by atoms with Gasteiger partial charge in [-0.05, 0) is 41.1 Å². The third kappa shape index (κ3) is 2.93. The second-order valence-electron chi connectivity index (χ2n) is 4.76. The molecule has 0 saturated heterocycles. The monoisotopic (exact) mass is 308 g/mol. The minimum Gasteiger partial charge on any atom is -0.309 e. The predicted molar refractivity (Wildman–Crippen MR) is 80.2 cm³/mol. The van der Waals surface area contributed by atoms with E-state index in [0.29, 0.717) is 11.4 Å². The van der Waals surface area contributed by atoms with Gasteiger partial charge in [0.15, 0.2) is 0 Å². The van der Waals surface area contributed by atoms with Crippen molar-refractivity contribution in [1.82, 2.24) is 10.0 Å². The second kappa shape index (κ2) is 5.65. The zero-order valence-electron chi connectivity index (χ0n) is 10.9. The molecule has 106 valence electrons. The summed E-state index contributed by atoms with van der Waals surface area (Å²) >= 11 is 1.64. The molecule has 2 N–H and O–H groups in total. The largest absolute Gasteiger partial charge is 0.309 e. The van der Waals surface area contributed by atoms with E-state index in [-0.39, 0.29) is 0 Å². The first-order chi connectivity index (χ1) is 9.65. The van der Waals surface area contributed by atoms with E-state index in [0.717, 1.165) is 25.1 Å². The van der Waals surface area contributed by atoms with E-state index >= 15 is 0 Å². The molecule has 0 fully saturated rings. The van der Waals surface area contributed by atoms with Crippen LogP contribution in [-0.2, 0) is 29.5 Å². The van der Waals surface area contributed by atoms with Gasteiger partial charge >= 0.3 is 0 Å². The SMILES string of the molecule is O=S(=O)(NCCc1cccs1)c1ccc2c(c1)CNC2. The Kier molecular flexibility index (Phi) is 3.89. The van der Waals surface area contributed by atoms with Gasteiger partial charge in [0.1, 0.15) is 0 Å². The van der Waals surface area contributed by atoms with Crippen molar-refractivity contribution in [1.29, 1.82) is 0 Å². The molecule has 2 aromatic rings. The van der Waals surface area contributed by atoms with Crippen LogP contribution in [0.3, 0.4) is 0 Å². The highest BCUT2D eigenvalue weighted by molar-refractivity contribution is 7.89. The first-order valence-corrected chi connectivity index (χ1v) is 8.86. The van der Waals surface area contributed by atoms with Gasteiger partial charge in [0.25, 0.3) is 0 Å². The van der Waals surface area contributed by atoms with Crippen LogP contribution in [0.25, 0.3) is 0 Å². The molecule has 0 bridgehead atoms. The summed E-state index contributed by atoms with van der Waals surface area (Å²) in [6.07, 6.45) is 0.726. The summed E-state index contributed by atoms with van der Waals surface area (Å²) < 4.78 is 27.1. The van der Waals surface area contributed by atoms with E-state index in [4.69, 9.17) is 0 Å². The van der Waals surface area contributed by atoms with Gasteiger partial charge in [0.05, 0.1) is 4.90 Å². The molecule has 3 rings (SSSR count). The highest BCUT2D eigenvalue weighted by Gasteiger charge is 2.17. The van der Waals surface area contributed by atoms with Gasteiger partial charge in [-0.1, -0.05) is 12.1 Å². The number of nitrogens with one attached hydrogen (secondary N) is 2. The Bertz CT molecular complexity index is 694. The van der Waals surface area contributed by atoms with Crippen LogP contribution in [0.2, 0.25) is 0 Å². The average Bonchev–Trinajstić information content (AvgIpc) is 3.08. The topological polar surface area (TPSA) is 58.2 Å². The van der Waals surface area contributed by atoms with E-state index in [2.05, 4.69) is 10.0 Å². The van der Waals surface area contributed by atoms with Crippen LogP contribution in [0.15, 0.2) is 40.6 Å². The summed E-state index contributed by atoms with van der Waals surface area (Å²) in [4.78, 5) is 1.54. The van der Waals surface area contributed by atoms with E-state index in [1.165, 1.54) is 10.4 Å². The molecule has 4 nitrogen and oxygen atoms in total. The number of hydrogen-bond acceptors (Lipinski definition) is 4. The molecule has 0 atom stereocenters. The highest BCUT2D eigenvalue weighted by atomic mass is 32.2. The minimum atomic E-state index is -3.41. The standard InChI is InChI=1S/C14H16N2O2S2/c17-20(18,16-6-5-13-2-1-7-19-13)14-4-3-11-9-15-10-12(11)8-14/h1-4,7-8,15-16H,5-6,9-10H2. The van der Waals surface area contributed by atoms with Crippen molar-refractivity contribution in [2.75, 3.05) is 6.54 Å². The zero-order valence-corrected chi connectivity index (χ0v) is 12.6. The van der Waals surface area contributed by atoms with Gasteiger partial charge in [-0.3, -0.25) is 0 Å². The summed E-state index contributed by atoms with van der Waals surface area (Å²) in [6.45, 7) is 1.99. The fraction of sp³-hybridized carbons (Fsp3) is 0.286. The van der Waals surface area contributed by atoms with Gasteiger partial charge in [-0.15, -0.1) is 11.3 Å². The second-order valence-corrected chi connectivity index (χ2v) is 7.56. The van der Waals surface area contributed by atoms with Crippen LogP contribution in [0, 0.1) is 0 Å². The van der Waals surface area contributed by atoms with E-state index < -0.39 is 10.0 Å². The number of rotatable bonds is 5. The molecule has 0 aliphatic carbocycles. The molecule has 1 aromatic carbocycles. The van der Waals surface area contributed by atoms with Gasteiger partial charge in [0.2, 0.25) is 10.0 Å². The van der Waals surface area contributed by atoms with Crippen molar-refractivity contribution < 1.29 is 8.42 Å². The molecule has 0 amide bonds. The Balaban J connectivity index is 1.68. The lowest BCUT2D eigenvalue weighted by atomic mass is 10.1. The first-order valence-electron chi connectivity index (χ1n) is 6.50. The Morgan fingerprint density at radius 3 is 2.85 bits per heavy atom. The number of benzene rings is 1. The lowest BCUT2D eigenvalue weighted by Gasteiger charge is -2.07. The van der Waals surface area contributed by atoms with Gasteiger partial charge < -0.3 is 5.32 Å². The molecule has 20 heavy (non-hydrogen) atoms. The molecule has 2 heterocycles. The third-order valence-corrected chi connectivity index (χ3v) is 5.76. The first kappa shape index (κ1) is 13.8. The third-order valence-electron chi connectivity index (χ3n) is 3.36. The quantitative estimate of drug-likeness (QED) is 0.886. The number of fused-ring (bicyclic) bond motifs is 1. The molecular formula is C14H16N2O2S2. The Morgan fingerprint density at radius 2 is 2.05 bits per heavy atom. The summed E-state index contributed by atoms with van der Waals surface area (Å²) in [6, 6.07) is 9.33. The Labute approximate surface area is 122 Å². The summed E-state index contributed by atoms with van der Waals surface area (Å²) in [5, 5.41) is 5.21. The van der Waals surface area contributed by atoms with Crippen molar-refractivity contribution in [2.24, 2.45) is 0 Å². The molecule has 0 radical (unpaired) electrons. The molecule has 0 saturated carbocycles. The Hall–Kier alpha value is -1.21. The normalized spacial score (nSPS) is 14.4. The maximum atomic E-state index is 12.2. The number of hydrogen-bond donors (Lipinski definition) is 2. The molecule has 1 aliphatic rings. The highest BCUT2D eigenvalue weighted by Crippen LogP contribution is 2.20. The molecule has 6 heteroatoms. The van der Waals surface area contributed by atoms with Crippen LogP contribution < -0.4 is 10.0 Å². The van der Waals surface area contributed by atoms with Gasteiger partial charge in [-0.25, -0.2) is 13.1 Å². The molecule has 0 spiro atoms. The Morgan fingerprint density at radius 1 is 1.20 bits per heavy atom. The van der Waals surface area contributed by atoms with Gasteiger partial charge in [-0.2, -0.15) is 0 Å². The molecule has 1 aromatic heterocycles. The van der Waals surface area contributed by atoms with Crippen molar-refractivity contribution in [3.8, 4) is 0 Å². The molecular weight excluding hydrogens is 292 g/mol. The van der Waals surface area contributed by atoms with E-state index in [1.54, 1.807) is 23.5 Å². The zero-order chi connectivity index (χ0) is 14.0. The van der Waals surface area contributed by atoms with E-state index in [9.17, 15) is 8.42 Å². The maximum Gasteiger partial charge on any atom is 0.240 e. The van der Waals surface area contributed by atoms with Crippen LogP contribution in [-0.4, -0.2) is 15.0 Å². The summed E-state index contributed by atoms with van der Waals surface area (Å²) in [7, 11) is -3.41. The number of thiophene rings is 1. The maximum absolute atomic E-state index is 12.2. The lowest BCUT2D eigenvalue weighted by molar-refractivity contribution is 0.581. The van der Waals surface area contributed by atoms with Gasteiger partial charge in [0, 0.05) is 24.5 Å². The fourth-order valence-electron chi connectivity index (χ4n) is 2.29. The summed E-state index contributed by atoms with van der Waals surface area (Å²) in [5.74, 6) is 0. The fourth-order valence-corrected chi connectivity index (χ4v) is 4.08. The predicted octanol–water partition coefficient (Wildman–Crippen LogP) is 1.87. The van der Waals surface area contributed by atoms with Crippen molar-refractivity contribution in [3.63, 3.8) is 0 Å². The summed E-state index contributed by atoms with van der Waals surface area (Å²) in [5.41, 5.74) is 2.26. The van der Waals surface area contributed by atoms with Crippen molar-refractivity contribution in [2.45, 2.75) is 24.4 Å². The minimum absolute atomic E-state index is 0.353. The van der Waals surface area contributed by atoms with Crippen molar-refractivity contribution >= 4 is 21.4 Å². The van der Waals surface area contributed by atoms with Crippen LogP contribution >= 0.6 is 11.3 Å². The molecule has 0 unspecified atom stereocenters. The van der Waals surface area contributed by atoms with E-state index in [1.807, 2.05) is 23.6 Å². The number of sulfonamides is 1. The smallest absolute Gasteiger partial charge is 0.240 e. The van der Waals surface area contributed by atoms with Crippen LogP contribution in [0.5, 0.6) is 0 Å².